The van der Waals surface area contributed by atoms with E-state index in [1.165, 1.54) is 84.2 Å². The standard InChI is InChI=1S/C16H32N2/c1-3-17(4-2)14-15-18-12-10-16(11-13-18)8-6-5-7-9-16/h3-15H2,1-2H3. The quantitative estimate of drug-likeness (QED) is 0.740. The van der Waals surface area contributed by atoms with Crippen LogP contribution in [0.1, 0.15) is 58.8 Å². The molecule has 0 aromatic rings. The summed E-state index contributed by atoms with van der Waals surface area (Å²) >= 11 is 0. The zero-order chi connectivity index (χ0) is 12.8. The van der Waals surface area contributed by atoms with E-state index in [1.807, 2.05) is 0 Å². The van der Waals surface area contributed by atoms with Gasteiger partial charge in [-0.05, 0) is 57.3 Å². The lowest BCUT2D eigenvalue weighted by Gasteiger charge is -2.44. The Bertz CT molecular complexity index is 219. The van der Waals surface area contributed by atoms with Gasteiger partial charge < -0.3 is 9.80 Å². The van der Waals surface area contributed by atoms with Crippen molar-refractivity contribution in [1.29, 1.82) is 0 Å². The zero-order valence-electron chi connectivity index (χ0n) is 12.6. The van der Waals surface area contributed by atoms with Crippen molar-refractivity contribution in [3.8, 4) is 0 Å². The number of hydrogen-bond acceptors (Lipinski definition) is 2. The van der Waals surface area contributed by atoms with Gasteiger partial charge in [0.05, 0.1) is 0 Å². The number of nitrogens with zero attached hydrogens (tertiary/aromatic N) is 2. The molecule has 0 amide bonds. The molecule has 0 aromatic carbocycles. The van der Waals surface area contributed by atoms with Crippen LogP contribution in [0.15, 0.2) is 0 Å². The maximum absolute atomic E-state index is 2.71. The number of hydrogen-bond donors (Lipinski definition) is 0. The van der Waals surface area contributed by atoms with Gasteiger partial charge in [0.1, 0.15) is 0 Å². The van der Waals surface area contributed by atoms with E-state index in [0.29, 0.717) is 0 Å². The van der Waals surface area contributed by atoms with Crippen LogP contribution >= 0.6 is 0 Å². The summed E-state index contributed by atoms with van der Waals surface area (Å²) in [6.07, 6.45) is 10.5. The van der Waals surface area contributed by atoms with Crippen molar-refractivity contribution in [2.45, 2.75) is 58.8 Å². The van der Waals surface area contributed by atoms with Crippen LogP contribution in [0.25, 0.3) is 0 Å². The summed E-state index contributed by atoms with van der Waals surface area (Å²) in [4.78, 5) is 5.25. The van der Waals surface area contributed by atoms with Crippen LogP contribution in [0.3, 0.4) is 0 Å². The molecule has 2 aliphatic rings. The highest BCUT2D eigenvalue weighted by Crippen LogP contribution is 2.44. The van der Waals surface area contributed by atoms with Gasteiger partial charge in [-0.3, -0.25) is 0 Å². The lowest BCUT2D eigenvalue weighted by molar-refractivity contribution is 0.0627. The van der Waals surface area contributed by atoms with Crippen molar-refractivity contribution in [3.05, 3.63) is 0 Å². The molecule has 0 bridgehead atoms. The smallest absolute Gasteiger partial charge is 0.0109 e. The van der Waals surface area contributed by atoms with Crippen LogP contribution in [0, 0.1) is 5.41 Å². The van der Waals surface area contributed by atoms with E-state index in [2.05, 4.69) is 23.6 Å². The largest absolute Gasteiger partial charge is 0.303 e. The van der Waals surface area contributed by atoms with Gasteiger partial charge in [-0.2, -0.15) is 0 Å². The molecule has 0 atom stereocenters. The number of rotatable bonds is 5. The van der Waals surface area contributed by atoms with Gasteiger partial charge in [0.25, 0.3) is 0 Å². The van der Waals surface area contributed by atoms with Crippen LogP contribution in [-0.2, 0) is 0 Å². The minimum absolute atomic E-state index is 0.768. The van der Waals surface area contributed by atoms with Gasteiger partial charge in [-0.1, -0.05) is 33.1 Å². The first-order valence-electron chi connectivity index (χ1n) is 8.23. The topological polar surface area (TPSA) is 6.48 Å². The highest BCUT2D eigenvalue weighted by atomic mass is 15.2. The van der Waals surface area contributed by atoms with Crippen LogP contribution in [0.4, 0.5) is 0 Å². The molecule has 2 nitrogen and oxygen atoms in total. The molecule has 2 heteroatoms. The predicted molar refractivity (Wildman–Crippen MR) is 79.0 cm³/mol. The second-order valence-electron chi connectivity index (χ2n) is 6.43. The molecule has 1 heterocycles. The van der Waals surface area contributed by atoms with E-state index in [4.69, 9.17) is 0 Å². The van der Waals surface area contributed by atoms with Crippen molar-refractivity contribution < 1.29 is 0 Å². The molecule has 1 aliphatic heterocycles. The maximum Gasteiger partial charge on any atom is 0.0109 e. The van der Waals surface area contributed by atoms with Gasteiger partial charge in [0.15, 0.2) is 0 Å². The van der Waals surface area contributed by atoms with Gasteiger partial charge in [-0.15, -0.1) is 0 Å². The van der Waals surface area contributed by atoms with Gasteiger partial charge in [0, 0.05) is 13.1 Å². The Kier molecular flexibility index (Phi) is 5.50. The van der Waals surface area contributed by atoms with Crippen LogP contribution < -0.4 is 0 Å². The summed E-state index contributed by atoms with van der Waals surface area (Å²) in [6.45, 7) is 12.2. The van der Waals surface area contributed by atoms with Gasteiger partial charge >= 0.3 is 0 Å². The van der Waals surface area contributed by atoms with Crippen molar-refractivity contribution in [1.82, 2.24) is 9.80 Å². The highest BCUT2D eigenvalue weighted by Gasteiger charge is 2.35. The molecule has 0 unspecified atom stereocenters. The average Bonchev–Trinajstić information content (AvgIpc) is 2.43. The molecular formula is C16H32N2. The van der Waals surface area contributed by atoms with Gasteiger partial charge in [0.2, 0.25) is 0 Å². The van der Waals surface area contributed by atoms with Crippen LogP contribution in [0.5, 0.6) is 0 Å². The Morgan fingerprint density at radius 2 is 1.50 bits per heavy atom. The SMILES string of the molecule is CCN(CC)CCN1CCC2(CCCCC2)CC1. The molecule has 0 radical (unpaired) electrons. The summed E-state index contributed by atoms with van der Waals surface area (Å²) < 4.78 is 0. The molecule has 1 saturated heterocycles. The number of piperidine rings is 1. The van der Waals surface area contributed by atoms with Crippen molar-refractivity contribution in [2.75, 3.05) is 39.3 Å². The molecule has 18 heavy (non-hydrogen) atoms. The van der Waals surface area contributed by atoms with Crippen molar-refractivity contribution >= 4 is 0 Å². The van der Waals surface area contributed by atoms with E-state index in [1.54, 1.807) is 0 Å². The lowest BCUT2D eigenvalue weighted by Crippen LogP contribution is -2.44. The second kappa shape index (κ2) is 6.91. The van der Waals surface area contributed by atoms with Crippen molar-refractivity contribution in [2.24, 2.45) is 5.41 Å². The molecule has 2 fully saturated rings. The molecule has 1 saturated carbocycles. The molecule has 2 rings (SSSR count). The fraction of sp³-hybridized carbons (Fsp3) is 1.00. The first-order valence-corrected chi connectivity index (χ1v) is 8.23. The number of likely N-dealkylation sites (N-methyl/N-ethyl adjacent to an activating group) is 1. The Morgan fingerprint density at radius 1 is 0.889 bits per heavy atom. The Hall–Kier alpha value is -0.0800. The monoisotopic (exact) mass is 252 g/mol. The summed E-state index contributed by atoms with van der Waals surface area (Å²) in [6, 6.07) is 0. The first kappa shape index (κ1) is 14.3. The van der Waals surface area contributed by atoms with E-state index < -0.39 is 0 Å². The van der Waals surface area contributed by atoms with Crippen molar-refractivity contribution in [3.63, 3.8) is 0 Å². The summed E-state index contributed by atoms with van der Waals surface area (Å²) in [5, 5.41) is 0. The van der Waals surface area contributed by atoms with Gasteiger partial charge in [-0.25, -0.2) is 0 Å². The molecule has 106 valence electrons. The Labute approximate surface area is 114 Å². The van der Waals surface area contributed by atoms with E-state index in [0.717, 1.165) is 5.41 Å². The third-order valence-electron chi connectivity index (χ3n) is 5.46. The molecule has 1 aliphatic carbocycles. The predicted octanol–water partition coefficient (Wildman–Crippen LogP) is 3.37. The minimum atomic E-state index is 0.768. The van der Waals surface area contributed by atoms with E-state index in [-0.39, 0.29) is 0 Å². The van der Waals surface area contributed by atoms with Crippen LogP contribution in [-0.4, -0.2) is 49.1 Å². The second-order valence-corrected chi connectivity index (χ2v) is 6.43. The zero-order valence-corrected chi connectivity index (χ0v) is 12.6. The minimum Gasteiger partial charge on any atom is -0.303 e. The highest BCUT2D eigenvalue weighted by molar-refractivity contribution is 4.88. The molecule has 0 N–H and O–H groups in total. The molecule has 0 aromatic heterocycles. The normalized spacial score (nSPS) is 24.8. The van der Waals surface area contributed by atoms with Crippen LogP contribution in [0.2, 0.25) is 0 Å². The van der Waals surface area contributed by atoms with E-state index in [9.17, 15) is 0 Å². The summed E-state index contributed by atoms with van der Waals surface area (Å²) in [5.74, 6) is 0. The summed E-state index contributed by atoms with van der Waals surface area (Å²) in [7, 11) is 0. The number of likely N-dealkylation sites (tertiary alicyclic amines) is 1. The average molecular weight is 252 g/mol. The lowest BCUT2D eigenvalue weighted by atomic mass is 9.68. The Balaban J connectivity index is 1.69. The fourth-order valence-electron chi connectivity index (χ4n) is 3.88. The maximum atomic E-state index is 2.71. The fourth-order valence-corrected chi connectivity index (χ4v) is 3.88. The molecular weight excluding hydrogens is 220 g/mol. The Morgan fingerprint density at radius 3 is 2.06 bits per heavy atom. The van der Waals surface area contributed by atoms with E-state index >= 15 is 0 Å². The third kappa shape index (κ3) is 3.71. The summed E-state index contributed by atoms with van der Waals surface area (Å²) in [5.41, 5.74) is 0.768. The first-order chi connectivity index (χ1) is 8.78. The molecule has 1 spiro atoms. The third-order valence-corrected chi connectivity index (χ3v) is 5.46.